The molecule has 1 aliphatic rings. The van der Waals surface area contributed by atoms with Crippen molar-refractivity contribution >= 4 is 29.1 Å². The third-order valence-electron chi connectivity index (χ3n) is 7.11. The number of nitrogens with one attached hydrogen (secondary N) is 1. The van der Waals surface area contributed by atoms with Crippen LogP contribution in [0.25, 0.3) is 16.9 Å². The first-order chi connectivity index (χ1) is 19.1. The lowest BCUT2D eigenvalue weighted by Crippen LogP contribution is -2.37. The molecule has 0 radical (unpaired) electrons. The number of anilines is 1. The average Bonchev–Trinajstić information content (AvgIpc) is 3.65. The van der Waals surface area contributed by atoms with Gasteiger partial charge in [-0.05, 0) is 74.1 Å². The zero-order chi connectivity index (χ0) is 27.0. The van der Waals surface area contributed by atoms with Crippen molar-refractivity contribution in [2.75, 3.05) is 57.2 Å². The summed E-state index contributed by atoms with van der Waals surface area (Å²) in [5, 5.41) is 8.10. The average molecular weight is 545 g/mol. The van der Waals surface area contributed by atoms with Gasteiger partial charge in [0.1, 0.15) is 11.6 Å². The number of carbonyl (C=O) groups is 1. The maximum Gasteiger partial charge on any atom is 0.254 e. The molecule has 1 fully saturated rings. The summed E-state index contributed by atoms with van der Waals surface area (Å²) in [6.07, 6.45) is 6.40. The third-order valence-corrected chi connectivity index (χ3v) is 7.72. The SMILES string of the molecule is COc1ccc(CN(CCN2CCCC2)C(=O)c2ccc(-c3cnc4ccc(NCCSC)nn34)cc2)cc1. The Kier molecular flexibility index (Phi) is 9.00. The smallest absolute Gasteiger partial charge is 0.254 e. The summed E-state index contributed by atoms with van der Waals surface area (Å²) < 4.78 is 7.15. The molecule has 0 bridgehead atoms. The number of rotatable bonds is 12. The molecule has 1 amide bonds. The Morgan fingerprint density at radius 3 is 2.54 bits per heavy atom. The van der Waals surface area contributed by atoms with Gasteiger partial charge >= 0.3 is 0 Å². The highest BCUT2D eigenvalue weighted by Crippen LogP contribution is 2.23. The van der Waals surface area contributed by atoms with Crippen molar-refractivity contribution < 1.29 is 9.53 Å². The summed E-state index contributed by atoms with van der Waals surface area (Å²) >= 11 is 1.79. The number of thioether (sulfide) groups is 1. The van der Waals surface area contributed by atoms with E-state index in [0.29, 0.717) is 18.7 Å². The van der Waals surface area contributed by atoms with E-state index in [2.05, 4.69) is 21.5 Å². The molecule has 0 saturated carbocycles. The lowest BCUT2D eigenvalue weighted by Gasteiger charge is -2.26. The summed E-state index contributed by atoms with van der Waals surface area (Å²) in [7, 11) is 1.66. The molecule has 0 spiro atoms. The molecule has 2 aromatic heterocycles. The quantitative estimate of drug-likeness (QED) is 0.254. The van der Waals surface area contributed by atoms with Crippen LogP contribution in [0.2, 0.25) is 0 Å². The van der Waals surface area contributed by atoms with E-state index in [1.54, 1.807) is 18.9 Å². The van der Waals surface area contributed by atoms with Crippen LogP contribution in [0.3, 0.4) is 0 Å². The van der Waals surface area contributed by atoms with Gasteiger partial charge in [0.15, 0.2) is 5.65 Å². The van der Waals surface area contributed by atoms with Gasteiger partial charge in [-0.1, -0.05) is 24.3 Å². The van der Waals surface area contributed by atoms with Crippen LogP contribution >= 0.6 is 11.8 Å². The van der Waals surface area contributed by atoms with Crippen LogP contribution in [0.1, 0.15) is 28.8 Å². The van der Waals surface area contributed by atoms with E-state index < -0.39 is 0 Å². The minimum Gasteiger partial charge on any atom is -0.497 e. The van der Waals surface area contributed by atoms with E-state index >= 15 is 0 Å². The van der Waals surface area contributed by atoms with Crippen LogP contribution in [0.5, 0.6) is 5.75 Å². The largest absolute Gasteiger partial charge is 0.497 e. The first-order valence-corrected chi connectivity index (χ1v) is 14.9. The molecule has 204 valence electrons. The molecule has 1 saturated heterocycles. The topological polar surface area (TPSA) is 75.0 Å². The highest BCUT2D eigenvalue weighted by molar-refractivity contribution is 7.98. The molecule has 5 rings (SSSR count). The molecular weight excluding hydrogens is 508 g/mol. The monoisotopic (exact) mass is 544 g/mol. The van der Waals surface area contributed by atoms with Gasteiger partial charge in [-0.2, -0.15) is 11.8 Å². The standard InChI is InChI=1S/C30H36N6O2S/c1-38-26-11-5-23(6-12-26)22-35(19-18-34-16-3-4-17-34)30(37)25-9-7-24(8-10-25)27-21-32-29-14-13-28(33-36(27)29)31-15-20-39-2/h5-14,21H,3-4,15-20,22H2,1-2H3,(H,31,33). The van der Waals surface area contributed by atoms with Crippen LogP contribution in [-0.2, 0) is 6.54 Å². The zero-order valence-corrected chi connectivity index (χ0v) is 23.5. The van der Waals surface area contributed by atoms with E-state index in [9.17, 15) is 4.79 Å². The van der Waals surface area contributed by atoms with Crippen LogP contribution in [0.15, 0.2) is 66.9 Å². The second kappa shape index (κ2) is 13.0. The number of aromatic nitrogens is 3. The minimum atomic E-state index is 0.0353. The van der Waals surface area contributed by atoms with Crippen molar-refractivity contribution in [1.29, 1.82) is 0 Å². The van der Waals surface area contributed by atoms with Crippen molar-refractivity contribution in [3.63, 3.8) is 0 Å². The van der Waals surface area contributed by atoms with Gasteiger partial charge in [0.05, 0.1) is 19.0 Å². The Hall–Kier alpha value is -3.56. The van der Waals surface area contributed by atoms with E-state index in [0.717, 1.165) is 66.0 Å². The number of hydrogen-bond acceptors (Lipinski definition) is 7. The Labute approximate surface area is 234 Å². The van der Waals surface area contributed by atoms with Gasteiger partial charge < -0.3 is 19.9 Å². The van der Waals surface area contributed by atoms with Crippen LogP contribution in [0.4, 0.5) is 5.82 Å². The van der Waals surface area contributed by atoms with Crippen molar-refractivity contribution in [3.8, 4) is 17.0 Å². The highest BCUT2D eigenvalue weighted by Gasteiger charge is 2.20. The molecule has 2 aromatic carbocycles. The van der Waals surface area contributed by atoms with Crippen molar-refractivity contribution in [1.82, 2.24) is 24.4 Å². The van der Waals surface area contributed by atoms with Gasteiger partial charge in [0.25, 0.3) is 5.91 Å². The summed E-state index contributed by atoms with van der Waals surface area (Å²) in [6, 6.07) is 19.7. The lowest BCUT2D eigenvalue weighted by atomic mass is 10.1. The summed E-state index contributed by atoms with van der Waals surface area (Å²) in [5.41, 5.74) is 4.40. The van der Waals surface area contributed by atoms with E-state index in [1.165, 1.54) is 12.8 Å². The predicted octanol–water partition coefficient (Wildman–Crippen LogP) is 4.92. The van der Waals surface area contributed by atoms with Gasteiger partial charge in [0.2, 0.25) is 0 Å². The van der Waals surface area contributed by atoms with E-state index in [1.807, 2.05) is 76.3 Å². The Bertz CT molecular complexity index is 1370. The second-order valence-corrected chi connectivity index (χ2v) is 10.7. The van der Waals surface area contributed by atoms with E-state index in [4.69, 9.17) is 9.84 Å². The molecule has 0 atom stereocenters. The number of methoxy groups -OCH3 is 1. The third kappa shape index (κ3) is 6.72. The van der Waals surface area contributed by atoms with Gasteiger partial charge in [-0.25, -0.2) is 9.50 Å². The number of imidazole rings is 1. The maximum absolute atomic E-state index is 13.7. The fourth-order valence-corrected chi connectivity index (χ4v) is 5.19. The van der Waals surface area contributed by atoms with Gasteiger partial charge in [-0.3, -0.25) is 4.79 Å². The highest BCUT2D eigenvalue weighted by atomic mass is 32.2. The first-order valence-electron chi connectivity index (χ1n) is 13.5. The minimum absolute atomic E-state index is 0.0353. The number of ether oxygens (including phenoxy) is 1. The Morgan fingerprint density at radius 2 is 1.82 bits per heavy atom. The number of carbonyl (C=O) groups excluding carboxylic acids is 1. The number of likely N-dealkylation sites (tertiary alicyclic amines) is 1. The van der Waals surface area contributed by atoms with E-state index in [-0.39, 0.29) is 5.91 Å². The molecule has 0 unspecified atom stereocenters. The van der Waals surface area contributed by atoms with Crippen molar-refractivity contribution in [2.45, 2.75) is 19.4 Å². The maximum atomic E-state index is 13.7. The van der Waals surface area contributed by atoms with Crippen molar-refractivity contribution in [2.24, 2.45) is 0 Å². The molecule has 3 heterocycles. The second-order valence-electron chi connectivity index (χ2n) is 9.75. The number of amides is 1. The van der Waals surface area contributed by atoms with Crippen LogP contribution in [-0.4, -0.2) is 82.1 Å². The molecule has 1 N–H and O–H groups in total. The number of benzene rings is 2. The molecule has 9 heteroatoms. The zero-order valence-electron chi connectivity index (χ0n) is 22.7. The summed E-state index contributed by atoms with van der Waals surface area (Å²) in [4.78, 5) is 22.6. The first kappa shape index (κ1) is 27.0. The number of fused-ring (bicyclic) bond motifs is 1. The van der Waals surface area contributed by atoms with Gasteiger partial charge in [0, 0.05) is 43.1 Å². The Morgan fingerprint density at radius 1 is 1.05 bits per heavy atom. The number of nitrogens with zero attached hydrogens (tertiary/aromatic N) is 5. The van der Waals surface area contributed by atoms with Crippen molar-refractivity contribution in [3.05, 3.63) is 78.0 Å². The summed E-state index contributed by atoms with van der Waals surface area (Å²) in [5.74, 6) is 2.68. The Balaban J connectivity index is 1.33. The number of hydrogen-bond donors (Lipinski definition) is 1. The summed E-state index contributed by atoms with van der Waals surface area (Å²) in [6.45, 7) is 5.22. The molecule has 0 aliphatic carbocycles. The fraction of sp³-hybridized carbons (Fsp3) is 0.367. The lowest BCUT2D eigenvalue weighted by molar-refractivity contribution is 0.0727. The van der Waals surface area contributed by atoms with Crippen LogP contribution < -0.4 is 10.1 Å². The predicted molar refractivity (Wildman–Crippen MR) is 159 cm³/mol. The van der Waals surface area contributed by atoms with Crippen LogP contribution in [0, 0.1) is 0 Å². The molecule has 1 aliphatic heterocycles. The molecule has 8 nitrogen and oxygen atoms in total. The van der Waals surface area contributed by atoms with Gasteiger partial charge in [-0.15, -0.1) is 5.10 Å². The molecular formula is C30H36N6O2S. The fourth-order valence-electron chi connectivity index (χ4n) is 4.88. The molecule has 4 aromatic rings. The normalized spacial score (nSPS) is 13.6. The molecule has 39 heavy (non-hydrogen) atoms.